The first-order chi connectivity index (χ1) is 14.0. The van der Waals surface area contributed by atoms with Crippen molar-refractivity contribution in [2.24, 2.45) is 0 Å². The second-order valence-corrected chi connectivity index (χ2v) is 7.54. The molecule has 1 aliphatic heterocycles. The monoisotopic (exact) mass is 430 g/mol. The van der Waals surface area contributed by atoms with Crippen molar-refractivity contribution in [3.05, 3.63) is 70.5 Å². The van der Waals surface area contributed by atoms with E-state index in [-0.39, 0.29) is 18.3 Å². The van der Waals surface area contributed by atoms with Gasteiger partial charge >= 0.3 is 0 Å². The molecule has 1 aromatic heterocycles. The molecule has 156 valence electrons. The molecular weight excluding hydrogens is 410 g/mol. The molecule has 2 heterocycles. The van der Waals surface area contributed by atoms with Crippen LogP contribution in [0.4, 0.5) is 20.2 Å². The Balaban J connectivity index is 0.00000218. The molecule has 2 N–H and O–H groups in total. The Morgan fingerprint density at radius 1 is 1.00 bits per heavy atom. The van der Waals surface area contributed by atoms with Crippen molar-refractivity contribution in [1.82, 2.24) is 9.78 Å². The summed E-state index contributed by atoms with van der Waals surface area (Å²) in [5.74, 6) is -2.01. The normalized spacial score (nSPS) is 14.8. The molecule has 3 aromatic rings. The van der Waals surface area contributed by atoms with E-state index in [1.165, 1.54) is 6.07 Å². The van der Waals surface area contributed by atoms with Crippen molar-refractivity contribution in [3.63, 3.8) is 0 Å². The maximum Gasteiger partial charge on any atom is 0.279 e. The van der Waals surface area contributed by atoms with E-state index < -0.39 is 11.6 Å². The smallest absolute Gasteiger partial charge is 0.279 e. The molecule has 1 aliphatic carbocycles. The summed E-state index contributed by atoms with van der Waals surface area (Å²) in [5, 5.41) is 4.55. The number of amides is 1. The Morgan fingerprint density at radius 2 is 1.80 bits per heavy atom. The van der Waals surface area contributed by atoms with E-state index in [1.54, 1.807) is 9.58 Å². The molecule has 2 aliphatic rings. The molecule has 0 saturated carbocycles. The van der Waals surface area contributed by atoms with E-state index in [4.69, 9.17) is 5.73 Å². The minimum absolute atomic E-state index is 0. The third kappa shape index (κ3) is 3.13. The summed E-state index contributed by atoms with van der Waals surface area (Å²) in [6, 6.07) is 9.29. The lowest BCUT2D eigenvalue weighted by atomic mass is 9.99. The molecule has 5 nitrogen and oxygen atoms in total. The third-order valence-electron chi connectivity index (χ3n) is 5.81. The number of nitrogens with zero attached hydrogens (tertiary/aromatic N) is 3. The van der Waals surface area contributed by atoms with Crippen molar-refractivity contribution < 1.29 is 13.6 Å². The number of halogens is 3. The Hall–Kier alpha value is -2.93. The topological polar surface area (TPSA) is 64.2 Å². The van der Waals surface area contributed by atoms with Gasteiger partial charge in [-0.15, -0.1) is 12.4 Å². The van der Waals surface area contributed by atoms with Gasteiger partial charge in [-0.25, -0.2) is 13.5 Å². The standard InChI is InChI=1S/C22H20F2N4O.ClH/c23-16-10-9-13(12-17(16)24)28-20-8-1-4-15(20)21(26-28)22(29)27-11-3-5-14-18(25)6-2-7-19(14)27;/h2,6-7,9-10,12H,1,3-5,8,11,25H2;1H. The summed E-state index contributed by atoms with van der Waals surface area (Å²) in [4.78, 5) is 15.2. The van der Waals surface area contributed by atoms with Crippen LogP contribution in [0.2, 0.25) is 0 Å². The van der Waals surface area contributed by atoms with Crippen LogP contribution in [-0.2, 0) is 19.3 Å². The van der Waals surface area contributed by atoms with Crippen LogP contribution in [0.25, 0.3) is 5.69 Å². The van der Waals surface area contributed by atoms with E-state index >= 15 is 0 Å². The van der Waals surface area contributed by atoms with E-state index in [9.17, 15) is 13.6 Å². The lowest BCUT2D eigenvalue weighted by Gasteiger charge is -2.30. The van der Waals surface area contributed by atoms with Gasteiger partial charge in [0.2, 0.25) is 0 Å². The van der Waals surface area contributed by atoms with Gasteiger partial charge in [-0.05, 0) is 61.9 Å². The maximum absolute atomic E-state index is 13.8. The summed E-state index contributed by atoms with van der Waals surface area (Å²) in [5.41, 5.74) is 11.2. The van der Waals surface area contributed by atoms with Crippen molar-refractivity contribution in [2.75, 3.05) is 17.2 Å². The number of hydrogen-bond donors (Lipinski definition) is 1. The van der Waals surface area contributed by atoms with Gasteiger partial charge in [-0.1, -0.05) is 6.07 Å². The molecular formula is C22H21ClF2N4O. The lowest BCUT2D eigenvalue weighted by Crippen LogP contribution is -2.36. The highest BCUT2D eigenvalue weighted by Crippen LogP contribution is 2.34. The molecule has 1 amide bonds. The number of benzene rings is 2. The summed E-state index contributed by atoms with van der Waals surface area (Å²) >= 11 is 0. The summed E-state index contributed by atoms with van der Waals surface area (Å²) in [6.07, 6.45) is 4.07. The summed E-state index contributed by atoms with van der Waals surface area (Å²) in [6.45, 7) is 0.599. The third-order valence-corrected chi connectivity index (χ3v) is 5.81. The second-order valence-electron chi connectivity index (χ2n) is 7.54. The van der Waals surface area contributed by atoms with E-state index in [0.29, 0.717) is 23.6 Å². The molecule has 2 aromatic carbocycles. The molecule has 0 spiro atoms. The molecule has 5 rings (SSSR count). The van der Waals surface area contributed by atoms with Crippen LogP contribution in [0.5, 0.6) is 0 Å². The number of anilines is 2. The van der Waals surface area contributed by atoms with Gasteiger partial charge in [0.25, 0.3) is 5.91 Å². The molecule has 8 heteroatoms. The van der Waals surface area contributed by atoms with E-state index in [2.05, 4.69) is 5.10 Å². The highest BCUT2D eigenvalue weighted by atomic mass is 35.5. The first kappa shape index (κ1) is 20.3. The zero-order chi connectivity index (χ0) is 20.1. The van der Waals surface area contributed by atoms with Crippen LogP contribution in [-0.4, -0.2) is 22.2 Å². The number of aromatic nitrogens is 2. The lowest BCUT2D eigenvalue weighted by molar-refractivity contribution is 0.0979. The highest BCUT2D eigenvalue weighted by Gasteiger charge is 2.32. The minimum atomic E-state index is -0.932. The Bertz CT molecular complexity index is 1140. The Morgan fingerprint density at radius 3 is 2.60 bits per heavy atom. The van der Waals surface area contributed by atoms with Crippen LogP contribution >= 0.6 is 12.4 Å². The zero-order valence-electron chi connectivity index (χ0n) is 16.2. The fraction of sp³-hybridized carbons (Fsp3) is 0.273. The highest BCUT2D eigenvalue weighted by molar-refractivity contribution is 6.07. The molecule has 0 fully saturated rings. The number of carbonyl (C=O) groups excluding carboxylic acids is 1. The maximum atomic E-state index is 13.8. The average Bonchev–Trinajstić information content (AvgIpc) is 3.32. The van der Waals surface area contributed by atoms with Gasteiger partial charge < -0.3 is 10.6 Å². The van der Waals surface area contributed by atoms with Crippen molar-refractivity contribution in [3.8, 4) is 5.69 Å². The first-order valence-electron chi connectivity index (χ1n) is 9.80. The van der Waals surface area contributed by atoms with Crippen LogP contribution in [0, 0.1) is 11.6 Å². The van der Waals surface area contributed by atoms with Crippen LogP contribution in [0.1, 0.15) is 40.2 Å². The second kappa shape index (κ2) is 7.72. The predicted molar refractivity (Wildman–Crippen MR) is 114 cm³/mol. The van der Waals surface area contributed by atoms with Crippen molar-refractivity contribution in [1.29, 1.82) is 0 Å². The predicted octanol–water partition coefficient (Wildman–Crippen LogP) is 4.24. The Labute approximate surface area is 178 Å². The van der Waals surface area contributed by atoms with Gasteiger partial charge in [0, 0.05) is 35.2 Å². The molecule has 0 unspecified atom stereocenters. The number of nitrogen functional groups attached to an aromatic ring is 1. The Kier molecular flexibility index (Phi) is 5.24. The number of nitrogens with two attached hydrogens (primary N) is 1. The number of hydrogen-bond acceptors (Lipinski definition) is 3. The first-order valence-corrected chi connectivity index (χ1v) is 9.80. The molecule has 0 radical (unpaired) electrons. The summed E-state index contributed by atoms with van der Waals surface area (Å²) < 4.78 is 28.7. The van der Waals surface area contributed by atoms with Gasteiger partial charge in [0.15, 0.2) is 17.3 Å². The van der Waals surface area contributed by atoms with Gasteiger partial charge in [-0.2, -0.15) is 5.10 Å². The number of carbonyl (C=O) groups is 1. The number of fused-ring (bicyclic) bond motifs is 2. The molecule has 0 saturated heterocycles. The van der Waals surface area contributed by atoms with Gasteiger partial charge in [-0.3, -0.25) is 4.79 Å². The fourth-order valence-electron chi connectivity index (χ4n) is 4.43. The minimum Gasteiger partial charge on any atom is -0.398 e. The quantitative estimate of drug-likeness (QED) is 0.618. The SMILES string of the molecule is Cl.Nc1cccc2c1CCCN2C(=O)c1nn(-c2ccc(F)c(F)c2)c2c1CCC2. The summed E-state index contributed by atoms with van der Waals surface area (Å²) in [7, 11) is 0. The zero-order valence-corrected chi connectivity index (χ0v) is 17.0. The molecule has 30 heavy (non-hydrogen) atoms. The van der Waals surface area contributed by atoms with Gasteiger partial charge in [0.1, 0.15) is 0 Å². The van der Waals surface area contributed by atoms with Crippen LogP contribution in [0.3, 0.4) is 0 Å². The van der Waals surface area contributed by atoms with Gasteiger partial charge in [0.05, 0.1) is 5.69 Å². The van der Waals surface area contributed by atoms with Crippen LogP contribution < -0.4 is 10.6 Å². The van der Waals surface area contributed by atoms with Crippen LogP contribution in [0.15, 0.2) is 36.4 Å². The van der Waals surface area contributed by atoms with E-state index in [0.717, 1.165) is 66.7 Å². The molecule has 0 bridgehead atoms. The van der Waals surface area contributed by atoms with Crippen molar-refractivity contribution in [2.45, 2.75) is 32.1 Å². The number of rotatable bonds is 2. The average molecular weight is 431 g/mol. The largest absolute Gasteiger partial charge is 0.398 e. The van der Waals surface area contributed by atoms with Crippen molar-refractivity contribution >= 4 is 29.7 Å². The molecule has 0 atom stereocenters. The fourth-order valence-corrected chi connectivity index (χ4v) is 4.43. The van der Waals surface area contributed by atoms with E-state index in [1.807, 2.05) is 18.2 Å².